The molecule has 5 nitrogen and oxygen atoms in total. The zero-order valence-electron chi connectivity index (χ0n) is 11.7. The molecule has 0 aromatic carbocycles. The van der Waals surface area contributed by atoms with E-state index in [0.29, 0.717) is 0 Å². The van der Waals surface area contributed by atoms with Crippen molar-refractivity contribution >= 4 is 0 Å². The van der Waals surface area contributed by atoms with E-state index in [0.717, 1.165) is 44.7 Å². The summed E-state index contributed by atoms with van der Waals surface area (Å²) in [6.07, 6.45) is 1.36. The fourth-order valence-corrected chi connectivity index (χ4v) is 2.66. The van der Waals surface area contributed by atoms with Gasteiger partial charge in [0.2, 0.25) is 0 Å². The average Bonchev–Trinajstić information content (AvgIpc) is 2.76. The summed E-state index contributed by atoms with van der Waals surface area (Å²) in [5.74, 6) is 0.854. The SMILES string of the molecule is CNCCN1CCC(CNCCNC2CNC2)C1. The summed E-state index contributed by atoms with van der Waals surface area (Å²) in [7, 11) is 2.03. The summed E-state index contributed by atoms with van der Waals surface area (Å²) in [5.41, 5.74) is 0. The van der Waals surface area contributed by atoms with Crippen molar-refractivity contribution in [3.63, 3.8) is 0 Å². The van der Waals surface area contributed by atoms with Crippen molar-refractivity contribution in [2.45, 2.75) is 12.5 Å². The molecule has 0 aromatic rings. The monoisotopic (exact) mass is 255 g/mol. The van der Waals surface area contributed by atoms with Crippen molar-refractivity contribution in [1.82, 2.24) is 26.2 Å². The van der Waals surface area contributed by atoms with Crippen LogP contribution in [-0.2, 0) is 0 Å². The number of hydrogen-bond donors (Lipinski definition) is 4. The first-order valence-corrected chi connectivity index (χ1v) is 7.40. The highest BCUT2D eigenvalue weighted by molar-refractivity contribution is 4.82. The molecule has 0 spiro atoms. The van der Waals surface area contributed by atoms with Crippen LogP contribution in [0.25, 0.3) is 0 Å². The largest absolute Gasteiger partial charge is 0.318 e. The first-order chi connectivity index (χ1) is 8.88. The van der Waals surface area contributed by atoms with Gasteiger partial charge in [-0.2, -0.15) is 0 Å². The molecule has 0 radical (unpaired) electrons. The summed E-state index contributed by atoms with van der Waals surface area (Å²) >= 11 is 0. The van der Waals surface area contributed by atoms with E-state index in [2.05, 4.69) is 26.2 Å². The number of rotatable bonds is 9. The smallest absolute Gasteiger partial charge is 0.0318 e. The van der Waals surface area contributed by atoms with Gasteiger partial charge < -0.3 is 26.2 Å². The molecule has 2 aliphatic heterocycles. The summed E-state index contributed by atoms with van der Waals surface area (Å²) in [6, 6.07) is 0.718. The lowest BCUT2D eigenvalue weighted by Gasteiger charge is -2.28. The fourth-order valence-electron chi connectivity index (χ4n) is 2.66. The van der Waals surface area contributed by atoms with Gasteiger partial charge in [0.05, 0.1) is 0 Å². The molecule has 1 unspecified atom stereocenters. The third-order valence-electron chi connectivity index (χ3n) is 4.00. The van der Waals surface area contributed by atoms with Gasteiger partial charge in [-0.05, 0) is 32.5 Å². The first kappa shape index (κ1) is 14.2. The van der Waals surface area contributed by atoms with Crippen LogP contribution in [0.4, 0.5) is 0 Å². The van der Waals surface area contributed by atoms with Crippen molar-refractivity contribution < 1.29 is 0 Å². The molecule has 4 N–H and O–H groups in total. The second-order valence-corrected chi connectivity index (χ2v) is 5.57. The molecular formula is C13H29N5. The number of likely N-dealkylation sites (N-methyl/N-ethyl adjacent to an activating group) is 1. The lowest BCUT2D eigenvalue weighted by Crippen LogP contribution is -2.56. The molecule has 106 valence electrons. The Kier molecular flexibility index (Phi) is 6.37. The number of nitrogens with zero attached hydrogens (tertiary/aromatic N) is 1. The third kappa shape index (κ3) is 4.82. The van der Waals surface area contributed by atoms with Gasteiger partial charge in [0.1, 0.15) is 0 Å². The molecule has 0 aliphatic carbocycles. The predicted octanol–water partition coefficient (Wildman–Crippen LogP) is -1.32. The average molecular weight is 255 g/mol. The van der Waals surface area contributed by atoms with Gasteiger partial charge in [0, 0.05) is 51.9 Å². The number of hydrogen-bond acceptors (Lipinski definition) is 5. The second kappa shape index (κ2) is 8.07. The van der Waals surface area contributed by atoms with E-state index in [1.54, 1.807) is 0 Å². The highest BCUT2D eigenvalue weighted by Gasteiger charge is 2.21. The quantitative estimate of drug-likeness (QED) is 0.385. The van der Waals surface area contributed by atoms with Crippen LogP contribution in [0, 0.1) is 5.92 Å². The normalized spacial score (nSPS) is 25.5. The minimum atomic E-state index is 0.718. The van der Waals surface area contributed by atoms with E-state index in [1.807, 2.05) is 7.05 Å². The van der Waals surface area contributed by atoms with Crippen LogP contribution >= 0.6 is 0 Å². The number of likely N-dealkylation sites (tertiary alicyclic amines) is 1. The summed E-state index contributed by atoms with van der Waals surface area (Å²) in [6.45, 7) is 10.5. The second-order valence-electron chi connectivity index (χ2n) is 5.57. The molecule has 0 aromatic heterocycles. The van der Waals surface area contributed by atoms with E-state index in [-0.39, 0.29) is 0 Å². The van der Waals surface area contributed by atoms with Crippen LogP contribution in [0.5, 0.6) is 0 Å². The standard InChI is InChI=1S/C13H29N5/c1-14-5-7-18-6-2-12(11-18)8-15-3-4-17-13-9-16-10-13/h12-17H,2-11H2,1H3. The molecule has 0 saturated carbocycles. The molecule has 2 fully saturated rings. The Morgan fingerprint density at radius 3 is 2.83 bits per heavy atom. The van der Waals surface area contributed by atoms with Crippen LogP contribution in [0.15, 0.2) is 0 Å². The van der Waals surface area contributed by atoms with Crippen molar-refractivity contribution in [1.29, 1.82) is 0 Å². The first-order valence-electron chi connectivity index (χ1n) is 7.40. The van der Waals surface area contributed by atoms with Crippen molar-refractivity contribution in [3.8, 4) is 0 Å². The Labute approximate surface area is 111 Å². The van der Waals surface area contributed by atoms with E-state index in [4.69, 9.17) is 0 Å². The van der Waals surface area contributed by atoms with Crippen LogP contribution in [0.1, 0.15) is 6.42 Å². The highest BCUT2D eigenvalue weighted by Crippen LogP contribution is 2.14. The van der Waals surface area contributed by atoms with E-state index in [9.17, 15) is 0 Å². The van der Waals surface area contributed by atoms with Gasteiger partial charge in [0.25, 0.3) is 0 Å². The van der Waals surface area contributed by atoms with E-state index in [1.165, 1.54) is 32.6 Å². The Hall–Kier alpha value is -0.200. The zero-order chi connectivity index (χ0) is 12.6. The summed E-state index contributed by atoms with van der Waals surface area (Å²) in [5, 5.41) is 13.6. The lowest BCUT2D eigenvalue weighted by atomic mass is 10.1. The lowest BCUT2D eigenvalue weighted by molar-refractivity contribution is 0.322. The molecule has 0 amide bonds. The summed E-state index contributed by atoms with van der Waals surface area (Å²) in [4.78, 5) is 2.57. The van der Waals surface area contributed by atoms with Crippen LogP contribution < -0.4 is 21.3 Å². The Balaban J connectivity index is 1.42. The van der Waals surface area contributed by atoms with Gasteiger partial charge in [-0.25, -0.2) is 0 Å². The maximum atomic E-state index is 3.58. The highest BCUT2D eigenvalue weighted by atomic mass is 15.2. The molecule has 2 aliphatic rings. The van der Waals surface area contributed by atoms with Gasteiger partial charge in [-0.15, -0.1) is 0 Å². The van der Waals surface area contributed by atoms with E-state index < -0.39 is 0 Å². The van der Waals surface area contributed by atoms with Crippen molar-refractivity contribution in [2.75, 3.05) is 66.0 Å². The molecule has 5 heteroatoms. The Morgan fingerprint density at radius 2 is 2.11 bits per heavy atom. The van der Waals surface area contributed by atoms with Crippen molar-refractivity contribution in [3.05, 3.63) is 0 Å². The number of nitrogens with one attached hydrogen (secondary N) is 4. The zero-order valence-corrected chi connectivity index (χ0v) is 11.7. The Morgan fingerprint density at radius 1 is 1.22 bits per heavy atom. The van der Waals surface area contributed by atoms with Gasteiger partial charge in [0.15, 0.2) is 0 Å². The van der Waals surface area contributed by atoms with Gasteiger partial charge in [-0.3, -0.25) is 0 Å². The van der Waals surface area contributed by atoms with Crippen LogP contribution in [0.3, 0.4) is 0 Å². The summed E-state index contributed by atoms with van der Waals surface area (Å²) < 4.78 is 0. The predicted molar refractivity (Wildman–Crippen MR) is 76.0 cm³/mol. The maximum Gasteiger partial charge on any atom is 0.0318 e. The molecule has 0 bridgehead atoms. The third-order valence-corrected chi connectivity index (χ3v) is 4.00. The van der Waals surface area contributed by atoms with Crippen LogP contribution in [0.2, 0.25) is 0 Å². The molecule has 1 atom stereocenters. The molecule has 2 rings (SSSR count). The fraction of sp³-hybridized carbons (Fsp3) is 1.00. The molecule has 18 heavy (non-hydrogen) atoms. The minimum absolute atomic E-state index is 0.718. The van der Waals surface area contributed by atoms with Crippen molar-refractivity contribution in [2.24, 2.45) is 5.92 Å². The minimum Gasteiger partial charge on any atom is -0.318 e. The maximum absolute atomic E-state index is 3.58. The Bertz CT molecular complexity index is 219. The van der Waals surface area contributed by atoms with E-state index >= 15 is 0 Å². The van der Waals surface area contributed by atoms with Crippen LogP contribution in [-0.4, -0.2) is 76.9 Å². The molecular weight excluding hydrogens is 226 g/mol. The molecule has 2 saturated heterocycles. The van der Waals surface area contributed by atoms with Gasteiger partial charge in [-0.1, -0.05) is 0 Å². The topological polar surface area (TPSA) is 51.4 Å². The van der Waals surface area contributed by atoms with Gasteiger partial charge >= 0.3 is 0 Å². The molecule has 2 heterocycles.